The van der Waals surface area contributed by atoms with Gasteiger partial charge in [0.2, 0.25) is 0 Å². The fraction of sp³-hybridized carbons (Fsp3) is 0.136. The standard InChI is InChI=1S/C22H19F2N3O2/c23-18-8-6-15(12-19(18)24)10-11-25-22(28)17-7-9-20(21(13-17)27-29)26-14-16-4-2-1-3-5-16/h1-9,12-13,26H,10-11,14H2,(H,25,28). The second-order valence-electron chi connectivity index (χ2n) is 6.42. The van der Waals surface area contributed by atoms with Crippen molar-refractivity contribution in [2.24, 2.45) is 5.18 Å². The number of nitrogens with one attached hydrogen (secondary N) is 2. The summed E-state index contributed by atoms with van der Waals surface area (Å²) in [5, 5.41) is 8.82. The highest BCUT2D eigenvalue weighted by Crippen LogP contribution is 2.26. The summed E-state index contributed by atoms with van der Waals surface area (Å²) in [4.78, 5) is 23.5. The highest BCUT2D eigenvalue weighted by Gasteiger charge is 2.11. The Balaban J connectivity index is 1.58. The van der Waals surface area contributed by atoms with Gasteiger partial charge in [0.1, 0.15) is 5.69 Å². The van der Waals surface area contributed by atoms with Crippen LogP contribution in [0.3, 0.4) is 0 Å². The van der Waals surface area contributed by atoms with Crippen LogP contribution in [0, 0.1) is 16.5 Å². The van der Waals surface area contributed by atoms with E-state index in [2.05, 4.69) is 15.8 Å². The number of rotatable bonds is 8. The molecule has 3 rings (SSSR count). The van der Waals surface area contributed by atoms with Crippen LogP contribution in [0.1, 0.15) is 21.5 Å². The fourth-order valence-electron chi connectivity index (χ4n) is 2.81. The van der Waals surface area contributed by atoms with Crippen molar-refractivity contribution in [2.75, 3.05) is 11.9 Å². The van der Waals surface area contributed by atoms with Crippen molar-refractivity contribution in [3.05, 3.63) is 100.0 Å². The average molecular weight is 395 g/mol. The number of hydrogen-bond acceptors (Lipinski definition) is 4. The summed E-state index contributed by atoms with van der Waals surface area (Å²) in [6, 6.07) is 17.9. The first-order valence-corrected chi connectivity index (χ1v) is 9.04. The molecule has 0 heterocycles. The number of halogens is 2. The van der Waals surface area contributed by atoms with E-state index in [1.165, 1.54) is 12.1 Å². The molecular weight excluding hydrogens is 376 g/mol. The van der Waals surface area contributed by atoms with Crippen LogP contribution in [0.2, 0.25) is 0 Å². The SMILES string of the molecule is O=Nc1cc(C(=O)NCCc2ccc(F)c(F)c2)ccc1NCc1ccccc1. The van der Waals surface area contributed by atoms with Crippen molar-refractivity contribution in [2.45, 2.75) is 13.0 Å². The van der Waals surface area contributed by atoms with Crippen molar-refractivity contribution in [3.63, 3.8) is 0 Å². The normalized spacial score (nSPS) is 10.4. The Morgan fingerprint density at radius 1 is 0.897 bits per heavy atom. The first-order valence-electron chi connectivity index (χ1n) is 9.04. The van der Waals surface area contributed by atoms with Gasteiger partial charge in [0, 0.05) is 18.7 Å². The second kappa shape index (κ2) is 9.54. The van der Waals surface area contributed by atoms with Crippen LogP contribution in [0.5, 0.6) is 0 Å². The van der Waals surface area contributed by atoms with Crippen LogP contribution >= 0.6 is 0 Å². The predicted octanol–water partition coefficient (Wildman–Crippen LogP) is 4.95. The second-order valence-corrected chi connectivity index (χ2v) is 6.42. The van der Waals surface area contributed by atoms with Gasteiger partial charge in [-0.15, -0.1) is 4.91 Å². The number of carbonyl (C=O) groups excluding carboxylic acids is 1. The molecule has 0 aliphatic carbocycles. The Hall–Kier alpha value is -3.61. The molecule has 7 heteroatoms. The van der Waals surface area contributed by atoms with Gasteiger partial charge in [-0.1, -0.05) is 36.4 Å². The van der Waals surface area contributed by atoms with E-state index in [1.54, 1.807) is 12.1 Å². The van der Waals surface area contributed by atoms with E-state index in [4.69, 9.17) is 0 Å². The third kappa shape index (κ3) is 5.44. The zero-order valence-electron chi connectivity index (χ0n) is 15.5. The first kappa shape index (κ1) is 20.1. The van der Waals surface area contributed by atoms with Crippen LogP contribution in [0.15, 0.2) is 71.9 Å². The topological polar surface area (TPSA) is 70.6 Å². The maximum absolute atomic E-state index is 13.2. The van der Waals surface area contributed by atoms with Crippen molar-refractivity contribution < 1.29 is 13.6 Å². The summed E-state index contributed by atoms with van der Waals surface area (Å²) in [7, 11) is 0. The lowest BCUT2D eigenvalue weighted by atomic mass is 10.1. The summed E-state index contributed by atoms with van der Waals surface area (Å²) in [5.74, 6) is -2.21. The molecule has 1 amide bonds. The van der Waals surface area contributed by atoms with Crippen molar-refractivity contribution in [1.29, 1.82) is 0 Å². The van der Waals surface area contributed by atoms with Crippen LogP contribution in [-0.4, -0.2) is 12.5 Å². The van der Waals surface area contributed by atoms with Crippen molar-refractivity contribution in [3.8, 4) is 0 Å². The summed E-state index contributed by atoms with van der Waals surface area (Å²) in [5.41, 5.74) is 2.56. The predicted molar refractivity (Wildman–Crippen MR) is 108 cm³/mol. The molecule has 5 nitrogen and oxygen atoms in total. The summed E-state index contributed by atoms with van der Waals surface area (Å²) < 4.78 is 26.2. The minimum atomic E-state index is -0.922. The van der Waals surface area contributed by atoms with Gasteiger partial charge in [-0.2, -0.15) is 0 Å². The number of benzene rings is 3. The van der Waals surface area contributed by atoms with E-state index in [1.807, 2.05) is 30.3 Å². The van der Waals surface area contributed by atoms with Gasteiger partial charge in [-0.3, -0.25) is 4.79 Å². The first-order chi connectivity index (χ1) is 14.1. The maximum atomic E-state index is 13.2. The Labute approximate surface area is 166 Å². The zero-order valence-corrected chi connectivity index (χ0v) is 15.5. The molecule has 29 heavy (non-hydrogen) atoms. The van der Waals surface area contributed by atoms with E-state index in [0.29, 0.717) is 24.2 Å². The van der Waals surface area contributed by atoms with Crippen LogP contribution in [0.4, 0.5) is 20.2 Å². The Kier molecular flexibility index (Phi) is 6.63. The van der Waals surface area contributed by atoms with E-state index < -0.39 is 11.6 Å². The van der Waals surface area contributed by atoms with Gasteiger partial charge < -0.3 is 10.6 Å². The fourth-order valence-corrected chi connectivity index (χ4v) is 2.81. The lowest BCUT2D eigenvalue weighted by Crippen LogP contribution is -2.25. The third-order valence-electron chi connectivity index (χ3n) is 4.37. The molecule has 0 unspecified atom stereocenters. The molecule has 0 radical (unpaired) electrons. The highest BCUT2D eigenvalue weighted by molar-refractivity contribution is 5.96. The molecule has 148 valence electrons. The number of carbonyl (C=O) groups is 1. The molecule has 3 aromatic rings. The molecule has 0 aliphatic rings. The van der Waals surface area contributed by atoms with Crippen molar-refractivity contribution in [1.82, 2.24) is 5.32 Å². The van der Waals surface area contributed by atoms with Crippen LogP contribution < -0.4 is 10.6 Å². The average Bonchev–Trinajstić information content (AvgIpc) is 2.75. The van der Waals surface area contributed by atoms with E-state index >= 15 is 0 Å². The molecule has 0 bridgehead atoms. The molecule has 0 saturated heterocycles. The molecule has 0 spiro atoms. The zero-order chi connectivity index (χ0) is 20.6. The minimum absolute atomic E-state index is 0.134. The van der Waals surface area contributed by atoms with E-state index in [0.717, 1.165) is 17.7 Å². The largest absolute Gasteiger partial charge is 0.379 e. The van der Waals surface area contributed by atoms with Crippen molar-refractivity contribution >= 4 is 17.3 Å². The summed E-state index contributed by atoms with van der Waals surface area (Å²) in [6.07, 6.45) is 0.346. The summed E-state index contributed by atoms with van der Waals surface area (Å²) >= 11 is 0. The smallest absolute Gasteiger partial charge is 0.251 e. The maximum Gasteiger partial charge on any atom is 0.251 e. The molecule has 2 N–H and O–H groups in total. The van der Waals surface area contributed by atoms with E-state index in [-0.39, 0.29) is 23.7 Å². The third-order valence-corrected chi connectivity index (χ3v) is 4.37. The number of hydrogen-bond donors (Lipinski definition) is 2. The molecule has 0 saturated carbocycles. The lowest BCUT2D eigenvalue weighted by molar-refractivity contribution is 0.0954. The van der Waals surface area contributed by atoms with Crippen LogP contribution in [0.25, 0.3) is 0 Å². The van der Waals surface area contributed by atoms with Crippen LogP contribution in [-0.2, 0) is 13.0 Å². The number of amides is 1. The molecule has 0 aliphatic heterocycles. The van der Waals surface area contributed by atoms with Gasteiger partial charge in [0.15, 0.2) is 11.6 Å². The Morgan fingerprint density at radius 2 is 1.69 bits per heavy atom. The van der Waals surface area contributed by atoms with Gasteiger partial charge in [-0.25, -0.2) is 8.78 Å². The van der Waals surface area contributed by atoms with Gasteiger partial charge in [-0.05, 0) is 53.1 Å². The quantitative estimate of drug-likeness (QED) is 0.531. The molecule has 0 atom stereocenters. The number of nitroso groups, excluding NO2 is 1. The highest BCUT2D eigenvalue weighted by atomic mass is 19.2. The Bertz CT molecular complexity index is 1010. The minimum Gasteiger partial charge on any atom is -0.379 e. The van der Waals surface area contributed by atoms with Gasteiger partial charge in [0.25, 0.3) is 5.91 Å². The van der Waals surface area contributed by atoms with E-state index in [9.17, 15) is 18.5 Å². The molecule has 0 fully saturated rings. The molecular formula is C22H19F2N3O2. The number of anilines is 1. The Morgan fingerprint density at radius 3 is 2.41 bits per heavy atom. The van der Waals surface area contributed by atoms with Gasteiger partial charge >= 0.3 is 0 Å². The van der Waals surface area contributed by atoms with Gasteiger partial charge in [0.05, 0.1) is 5.69 Å². The summed E-state index contributed by atoms with van der Waals surface area (Å²) in [6.45, 7) is 0.755. The lowest BCUT2D eigenvalue weighted by Gasteiger charge is -2.10. The monoisotopic (exact) mass is 395 g/mol. The molecule has 0 aromatic heterocycles. The molecule has 3 aromatic carbocycles. The number of nitrogens with zero attached hydrogens (tertiary/aromatic N) is 1.